The van der Waals surface area contributed by atoms with E-state index in [1.165, 1.54) is 0 Å². The number of hydrogen-bond acceptors (Lipinski definition) is 1. The van der Waals surface area contributed by atoms with Crippen LogP contribution in [0.2, 0.25) is 0 Å². The normalized spacial score (nSPS) is 0.800. The first-order valence-corrected chi connectivity index (χ1v) is 1.37. The van der Waals surface area contributed by atoms with Gasteiger partial charge in [0, 0.05) is 72.1 Å². The van der Waals surface area contributed by atoms with Gasteiger partial charge in [0.25, 0.3) is 0 Å². The van der Waals surface area contributed by atoms with Gasteiger partial charge < -0.3 is 0 Å². The van der Waals surface area contributed by atoms with Crippen molar-refractivity contribution in [3.63, 3.8) is 0 Å². The third-order valence-electron chi connectivity index (χ3n) is 0. The summed E-state index contributed by atoms with van der Waals surface area (Å²) in [5.41, 5.74) is 0. The van der Waals surface area contributed by atoms with Gasteiger partial charge in [-0.1, -0.05) is 0 Å². The second-order valence-electron chi connectivity index (χ2n) is 0. The molecule has 5 heavy (non-hydrogen) atoms. The Balaban J connectivity index is -0.00000000167. The van der Waals surface area contributed by atoms with E-state index >= 15 is 0 Å². The molecule has 22 valence electrons. The standard InChI is InChI=1S/In.O.2Sn.Ta. The van der Waals surface area contributed by atoms with Crippen molar-refractivity contribution in [3.05, 3.63) is 0 Å². The average molecular weight is 549 g/mol. The maximum absolute atomic E-state index is 8.34. The third kappa shape index (κ3) is 19.4. The van der Waals surface area contributed by atoms with Gasteiger partial charge in [-0.2, -0.15) is 0 Å². The molecule has 0 heterocycles. The third-order valence-corrected chi connectivity index (χ3v) is 0. The first kappa shape index (κ1) is 24.5. The van der Waals surface area contributed by atoms with Crippen LogP contribution < -0.4 is 0 Å². The van der Waals surface area contributed by atoms with Crippen LogP contribution in [0.25, 0.3) is 0 Å². The van der Waals surface area contributed by atoms with Crippen molar-refractivity contribution < 1.29 is 25.5 Å². The summed E-state index contributed by atoms with van der Waals surface area (Å²) in [6.45, 7) is 0. The fourth-order valence-corrected chi connectivity index (χ4v) is 0. The molecule has 0 aromatic rings. The van der Waals surface area contributed by atoms with Gasteiger partial charge in [0.15, 0.2) is 0 Å². The van der Waals surface area contributed by atoms with Crippen molar-refractivity contribution in [2.75, 3.05) is 0 Å². The molecular formula is InOSn2Ta. The van der Waals surface area contributed by atoms with Crippen molar-refractivity contribution in [1.29, 1.82) is 0 Å². The fraction of sp³-hybridized carbons (Fsp3) is 0. The summed E-state index contributed by atoms with van der Waals surface area (Å²) in [7, 11) is 0. The van der Waals surface area contributed by atoms with Gasteiger partial charge in [-0.15, -0.1) is 0 Å². The molecule has 0 spiro atoms. The summed E-state index contributed by atoms with van der Waals surface area (Å²) in [5.74, 6) is 0. The molecule has 0 saturated carbocycles. The van der Waals surface area contributed by atoms with E-state index in [-0.39, 0.29) is 72.1 Å². The monoisotopic (exact) mass is 552 g/mol. The van der Waals surface area contributed by atoms with Crippen LogP contribution in [0.15, 0.2) is 0 Å². The van der Waals surface area contributed by atoms with Crippen molar-refractivity contribution in [2.45, 2.75) is 0 Å². The van der Waals surface area contributed by atoms with E-state index in [4.69, 9.17) is 3.08 Å². The van der Waals surface area contributed by atoms with E-state index in [2.05, 4.69) is 0 Å². The molecule has 0 amide bonds. The van der Waals surface area contributed by atoms with Crippen LogP contribution in [-0.2, 0) is 25.5 Å². The molecule has 0 atom stereocenters. The van der Waals surface area contributed by atoms with Crippen molar-refractivity contribution >= 4 is 72.3 Å². The van der Waals surface area contributed by atoms with Crippen LogP contribution in [0, 0.1) is 0 Å². The van der Waals surface area contributed by atoms with Gasteiger partial charge in [0.1, 0.15) is 0 Å². The molecular weight excluding hydrogens is 549 g/mol. The summed E-state index contributed by atoms with van der Waals surface area (Å²) in [4.78, 5) is 0. The molecule has 0 aliphatic rings. The predicted molar refractivity (Wildman–Crippen MR) is 17.9 cm³/mol. The molecule has 0 aromatic carbocycles. The second kappa shape index (κ2) is 28.0. The molecule has 0 fully saturated rings. The quantitative estimate of drug-likeness (QED) is 0.345. The summed E-state index contributed by atoms with van der Waals surface area (Å²) < 4.78 is 8.34. The largest absolute Gasteiger partial charge is 0 e. The number of hydrogen-bond donors (Lipinski definition) is 0. The smallest absolute Gasteiger partial charge is 0 e. The van der Waals surface area contributed by atoms with Crippen molar-refractivity contribution in [2.24, 2.45) is 0 Å². The minimum Gasteiger partial charge on any atom is 0 e. The Kier molecular flexibility index (Phi) is 137. The summed E-state index contributed by atoms with van der Waals surface area (Å²) in [6.07, 6.45) is 0. The first-order chi connectivity index (χ1) is 1.00. The average Bonchev–Trinajstić information content (AvgIpc) is 1.00. The Labute approximate surface area is 95.8 Å². The molecule has 0 N–H and O–H groups in total. The Bertz CT molecular complexity index is 9.61. The summed E-state index contributed by atoms with van der Waals surface area (Å²) >= 11 is 0.300. The maximum Gasteiger partial charge on any atom is 0 e. The van der Waals surface area contributed by atoms with Crippen LogP contribution in [0.3, 0.4) is 0 Å². The molecule has 0 aliphatic carbocycles. The minimum atomic E-state index is 0. The van der Waals surface area contributed by atoms with E-state index in [0.29, 0.717) is 22.5 Å². The van der Waals surface area contributed by atoms with Gasteiger partial charge in [0.05, 0.1) is 0 Å². The molecule has 0 aromatic heterocycles. The Hall–Kier alpha value is 3.01. The van der Waals surface area contributed by atoms with Gasteiger partial charge in [-0.3, -0.25) is 0 Å². The summed E-state index contributed by atoms with van der Waals surface area (Å²) in [5, 5.41) is 0. The van der Waals surface area contributed by atoms with Gasteiger partial charge in [-0.05, 0) is 0 Å². The molecule has 0 unspecified atom stereocenters. The van der Waals surface area contributed by atoms with E-state index in [1.54, 1.807) is 0 Å². The Morgan fingerprint density at radius 1 is 1.20 bits per heavy atom. The van der Waals surface area contributed by atoms with Crippen LogP contribution >= 0.6 is 0 Å². The van der Waals surface area contributed by atoms with Crippen molar-refractivity contribution in [3.8, 4) is 0 Å². The van der Waals surface area contributed by atoms with Gasteiger partial charge in [0.2, 0.25) is 0 Å². The van der Waals surface area contributed by atoms with Gasteiger partial charge in [-0.25, -0.2) is 0 Å². The Morgan fingerprint density at radius 3 is 1.20 bits per heavy atom. The Morgan fingerprint density at radius 2 is 1.20 bits per heavy atom. The fourth-order valence-electron chi connectivity index (χ4n) is 0. The van der Waals surface area contributed by atoms with Gasteiger partial charge >= 0.3 is 25.6 Å². The SMILES string of the molecule is [In].[O]=[Sn].[Sn].[Ta]. The van der Waals surface area contributed by atoms with Crippen LogP contribution in [0.1, 0.15) is 0 Å². The zero-order valence-electron chi connectivity index (χ0n) is 2.43. The molecule has 5 heteroatoms. The first-order valence-electron chi connectivity index (χ1n) is 0.204. The van der Waals surface area contributed by atoms with Crippen LogP contribution in [-0.4, -0.2) is 72.3 Å². The topological polar surface area (TPSA) is 17.1 Å². The molecule has 0 saturated heterocycles. The minimum absolute atomic E-state index is 0. The summed E-state index contributed by atoms with van der Waals surface area (Å²) in [6, 6.07) is 0. The molecule has 0 rings (SSSR count). The van der Waals surface area contributed by atoms with E-state index in [1.807, 2.05) is 0 Å². The molecule has 1 nitrogen and oxygen atoms in total. The van der Waals surface area contributed by atoms with Crippen LogP contribution in [0.5, 0.6) is 0 Å². The molecule has 0 aliphatic heterocycles. The van der Waals surface area contributed by atoms with Crippen molar-refractivity contribution in [1.82, 2.24) is 0 Å². The van der Waals surface area contributed by atoms with Crippen LogP contribution in [0.4, 0.5) is 0 Å². The van der Waals surface area contributed by atoms with E-state index < -0.39 is 0 Å². The maximum atomic E-state index is 8.34. The second-order valence-corrected chi connectivity index (χ2v) is 0. The molecule has 10 radical (unpaired) electrons. The molecule has 0 bridgehead atoms. The van der Waals surface area contributed by atoms with E-state index in [0.717, 1.165) is 0 Å². The predicted octanol–water partition coefficient (Wildman–Crippen LogP) is -1.26. The van der Waals surface area contributed by atoms with E-state index in [9.17, 15) is 0 Å². The zero-order valence-corrected chi connectivity index (χ0v) is 14.7. The number of rotatable bonds is 0. The zero-order chi connectivity index (χ0) is 2.00.